The predicted molar refractivity (Wildman–Crippen MR) is 142 cm³/mol. The van der Waals surface area contributed by atoms with E-state index in [0.717, 1.165) is 12.8 Å². The molecule has 4 amide bonds. The van der Waals surface area contributed by atoms with E-state index in [4.69, 9.17) is 10.5 Å². The zero-order valence-corrected chi connectivity index (χ0v) is 23.4. The minimum Gasteiger partial charge on any atom is -0.507 e. The standard InChI is InChI=1S/C27H44N4O6/c1-9-11-18(5)29-24(34)22(19-13-10-12-17(4)23(19)33)31(16(2)3)25(35)20(14-15-21(28)32)30-26(36)37-27(6,7)8/h10,12-13,16,18,20,22,33H,9,11,14-15H2,1-8H3,(H2,28,32)(H,29,34)(H,30,36). The highest BCUT2D eigenvalue weighted by atomic mass is 16.6. The molecule has 0 aliphatic carbocycles. The van der Waals surface area contributed by atoms with Gasteiger partial charge in [0, 0.05) is 24.1 Å². The molecule has 37 heavy (non-hydrogen) atoms. The fourth-order valence-electron chi connectivity index (χ4n) is 4.00. The Labute approximate surface area is 220 Å². The number of nitrogens with zero attached hydrogens (tertiary/aromatic N) is 1. The Bertz CT molecular complexity index is 957. The number of para-hydroxylation sites is 1. The van der Waals surface area contributed by atoms with E-state index in [1.165, 1.54) is 4.90 Å². The van der Waals surface area contributed by atoms with Gasteiger partial charge in [0.2, 0.25) is 17.7 Å². The lowest BCUT2D eigenvalue weighted by Gasteiger charge is -2.38. The molecule has 1 rings (SSSR count). The fourth-order valence-corrected chi connectivity index (χ4v) is 4.00. The maximum absolute atomic E-state index is 14.0. The lowest BCUT2D eigenvalue weighted by Crippen LogP contribution is -2.55. The molecule has 1 aromatic carbocycles. The third-order valence-corrected chi connectivity index (χ3v) is 5.68. The van der Waals surface area contributed by atoms with Crippen LogP contribution in [0.5, 0.6) is 5.75 Å². The lowest BCUT2D eigenvalue weighted by atomic mass is 9.97. The van der Waals surface area contributed by atoms with Gasteiger partial charge >= 0.3 is 6.09 Å². The largest absolute Gasteiger partial charge is 0.507 e. The van der Waals surface area contributed by atoms with Gasteiger partial charge in [-0.1, -0.05) is 31.5 Å². The van der Waals surface area contributed by atoms with Crippen LogP contribution in [0.4, 0.5) is 4.79 Å². The zero-order valence-electron chi connectivity index (χ0n) is 23.4. The summed E-state index contributed by atoms with van der Waals surface area (Å²) in [7, 11) is 0. The van der Waals surface area contributed by atoms with Crippen LogP contribution in [0.3, 0.4) is 0 Å². The van der Waals surface area contributed by atoms with Gasteiger partial charge in [-0.2, -0.15) is 0 Å². The van der Waals surface area contributed by atoms with E-state index >= 15 is 0 Å². The third kappa shape index (κ3) is 9.93. The van der Waals surface area contributed by atoms with Gasteiger partial charge in [0.15, 0.2) is 0 Å². The van der Waals surface area contributed by atoms with Crippen molar-refractivity contribution >= 4 is 23.8 Å². The predicted octanol–water partition coefficient (Wildman–Crippen LogP) is 3.44. The first kappa shape index (κ1) is 31.7. The number of alkyl carbamates (subject to hydrolysis) is 1. The van der Waals surface area contributed by atoms with Crippen molar-refractivity contribution in [3.8, 4) is 5.75 Å². The molecule has 0 radical (unpaired) electrons. The number of benzene rings is 1. The van der Waals surface area contributed by atoms with Gasteiger partial charge in [-0.25, -0.2) is 4.79 Å². The van der Waals surface area contributed by atoms with Gasteiger partial charge < -0.3 is 31.1 Å². The van der Waals surface area contributed by atoms with E-state index in [2.05, 4.69) is 10.6 Å². The number of phenolic OH excluding ortho intramolecular Hbond substituents is 1. The Balaban J connectivity index is 3.56. The molecule has 0 aliphatic heterocycles. The van der Waals surface area contributed by atoms with Gasteiger partial charge in [0.25, 0.3) is 0 Å². The number of aryl methyl sites for hydroxylation is 1. The number of carbonyl (C=O) groups is 4. The molecule has 0 bridgehead atoms. The van der Waals surface area contributed by atoms with Crippen molar-refractivity contribution in [3.05, 3.63) is 29.3 Å². The molecule has 0 fully saturated rings. The van der Waals surface area contributed by atoms with E-state index in [1.807, 2.05) is 13.8 Å². The summed E-state index contributed by atoms with van der Waals surface area (Å²) < 4.78 is 5.32. The second kappa shape index (κ2) is 13.9. The van der Waals surface area contributed by atoms with Crippen molar-refractivity contribution < 1.29 is 29.0 Å². The van der Waals surface area contributed by atoms with Crippen molar-refractivity contribution in [3.63, 3.8) is 0 Å². The summed E-state index contributed by atoms with van der Waals surface area (Å²) in [5, 5.41) is 16.4. The number of carbonyl (C=O) groups excluding carboxylic acids is 4. The number of rotatable bonds is 12. The Morgan fingerprint density at radius 2 is 1.70 bits per heavy atom. The summed E-state index contributed by atoms with van der Waals surface area (Å²) in [6.07, 6.45) is 0.490. The SMILES string of the molecule is CCCC(C)NC(=O)C(c1cccc(C)c1O)N(C(=O)C(CCC(N)=O)NC(=O)OC(C)(C)C)C(C)C. The first-order chi connectivity index (χ1) is 17.1. The maximum Gasteiger partial charge on any atom is 0.408 e. The van der Waals surface area contributed by atoms with Crippen molar-refractivity contribution in [2.45, 2.75) is 111 Å². The summed E-state index contributed by atoms with van der Waals surface area (Å²) in [4.78, 5) is 53.0. The van der Waals surface area contributed by atoms with Gasteiger partial charge in [-0.3, -0.25) is 14.4 Å². The average molecular weight is 521 g/mol. The first-order valence-corrected chi connectivity index (χ1v) is 12.8. The van der Waals surface area contributed by atoms with E-state index in [9.17, 15) is 24.3 Å². The van der Waals surface area contributed by atoms with Crippen LogP contribution in [0.2, 0.25) is 0 Å². The van der Waals surface area contributed by atoms with Crippen LogP contribution in [0.1, 0.15) is 91.3 Å². The molecule has 0 heterocycles. The molecule has 0 aromatic heterocycles. The zero-order chi connectivity index (χ0) is 28.5. The van der Waals surface area contributed by atoms with E-state index in [0.29, 0.717) is 5.56 Å². The quantitative estimate of drug-likeness (QED) is 0.331. The molecule has 0 saturated heterocycles. The fraction of sp³-hybridized carbons (Fsp3) is 0.630. The van der Waals surface area contributed by atoms with Crippen molar-refractivity contribution in [1.82, 2.24) is 15.5 Å². The Morgan fingerprint density at radius 3 is 2.22 bits per heavy atom. The smallest absolute Gasteiger partial charge is 0.408 e. The summed E-state index contributed by atoms with van der Waals surface area (Å²) in [6.45, 7) is 14.1. The van der Waals surface area contributed by atoms with Crippen LogP contribution in [-0.2, 0) is 19.1 Å². The minimum atomic E-state index is -1.19. The normalized spacial score (nSPS) is 13.9. The van der Waals surface area contributed by atoms with Crippen molar-refractivity contribution in [2.75, 3.05) is 0 Å². The molecule has 1 aromatic rings. The van der Waals surface area contributed by atoms with Crippen LogP contribution < -0.4 is 16.4 Å². The van der Waals surface area contributed by atoms with E-state index in [-0.39, 0.29) is 30.2 Å². The van der Waals surface area contributed by atoms with Crippen molar-refractivity contribution in [1.29, 1.82) is 0 Å². The number of hydrogen-bond donors (Lipinski definition) is 4. The molecule has 0 spiro atoms. The van der Waals surface area contributed by atoms with Crippen molar-refractivity contribution in [2.24, 2.45) is 5.73 Å². The maximum atomic E-state index is 14.0. The Kier molecular flexibility index (Phi) is 11.9. The molecule has 3 unspecified atom stereocenters. The molecule has 10 heteroatoms. The monoisotopic (exact) mass is 520 g/mol. The van der Waals surface area contributed by atoms with Gasteiger partial charge in [-0.15, -0.1) is 0 Å². The third-order valence-electron chi connectivity index (χ3n) is 5.68. The number of aromatic hydroxyl groups is 1. The lowest BCUT2D eigenvalue weighted by molar-refractivity contribution is -0.145. The Morgan fingerprint density at radius 1 is 1.08 bits per heavy atom. The molecular weight excluding hydrogens is 476 g/mol. The van der Waals surface area contributed by atoms with Gasteiger partial charge in [-0.05, 0) is 66.9 Å². The van der Waals surface area contributed by atoms with Crippen LogP contribution in [0, 0.1) is 6.92 Å². The topological polar surface area (TPSA) is 151 Å². The number of amides is 4. The van der Waals surface area contributed by atoms with E-state index < -0.39 is 47.5 Å². The molecule has 5 N–H and O–H groups in total. The molecule has 10 nitrogen and oxygen atoms in total. The van der Waals surface area contributed by atoms with Gasteiger partial charge in [0.1, 0.15) is 23.4 Å². The molecule has 0 saturated carbocycles. The summed E-state index contributed by atoms with van der Waals surface area (Å²) in [6, 6.07) is 1.94. The molecule has 3 atom stereocenters. The minimum absolute atomic E-state index is 0.0863. The number of nitrogens with one attached hydrogen (secondary N) is 2. The highest BCUT2D eigenvalue weighted by Crippen LogP contribution is 2.33. The van der Waals surface area contributed by atoms with Crippen LogP contribution in [-0.4, -0.2) is 57.5 Å². The number of hydrogen-bond acceptors (Lipinski definition) is 6. The second-order valence-electron chi connectivity index (χ2n) is 10.7. The van der Waals surface area contributed by atoms with Gasteiger partial charge in [0.05, 0.1) is 0 Å². The Hall–Kier alpha value is -3.30. The van der Waals surface area contributed by atoms with E-state index in [1.54, 1.807) is 59.7 Å². The van der Waals surface area contributed by atoms with Crippen LogP contribution in [0.15, 0.2) is 18.2 Å². The second-order valence-corrected chi connectivity index (χ2v) is 10.7. The molecule has 0 aliphatic rings. The number of ether oxygens (including phenoxy) is 1. The molecular formula is C27H44N4O6. The molecule has 208 valence electrons. The average Bonchev–Trinajstić information content (AvgIpc) is 2.75. The number of primary amides is 1. The highest BCUT2D eigenvalue weighted by Gasteiger charge is 2.39. The number of nitrogens with two attached hydrogens (primary N) is 1. The van der Waals surface area contributed by atoms with Crippen LogP contribution >= 0.6 is 0 Å². The highest BCUT2D eigenvalue weighted by molar-refractivity contribution is 5.93. The first-order valence-electron chi connectivity index (χ1n) is 12.8. The van der Waals surface area contributed by atoms with Crippen LogP contribution in [0.25, 0.3) is 0 Å². The summed E-state index contributed by atoms with van der Waals surface area (Å²) in [5.74, 6) is -1.81. The summed E-state index contributed by atoms with van der Waals surface area (Å²) in [5.41, 5.74) is 5.31. The number of phenols is 1. The summed E-state index contributed by atoms with van der Waals surface area (Å²) >= 11 is 0.